The van der Waals surface area contributed by atoms with Gasteiger partial charge in [-0.3, -0.25) is 9.59 Å². The first-order valence-corrected chi connectivity index (χ1v) is 6.88. The molecule has 116 valence electrons. The summed E-state index contributed by atoms with van der Waals surface area (Å²) in [4.78, 5) is 34.3. The second-order valence-corrected chi connectivity index (χ2v) is 4.87. The monoisotopic (exact) mass is 293 g/mol. The molecule has 0 bridgehead atoms. The lowest BCUT2D eigenvalue weighted by molar-refractivity contribution is -0.137. The minimum atomic E-state index is -0.478. The van der Waals surface area contributed by atoms with E-state index < -0.39 is 5.97 Å². The maximum absolute atomic E-state index is 11.6. The van der Waals surface area contributed by atoms with Crippen LogP contribution in [0.25, 0.3) is 0 Å². The van der Waals surface area contributed by atoms with E-state index in [9.17, 15) is 14.4 Å². The lowest BCUT2D eigenvalue weighted by Gasteiger charge is -2.14. The maximum atomic E-state index is 11.6. The van der Waals surface area contributed by atoms with Gasteiger partial charge >= 0.3 is 5.97 Å². The van der Waals surface area contributed by atoms with Crippen molar-refractivity contribution in [3.63, 3.8) is 0 Å². The summed E-state index contributed by atoms with van der Waals surface area (Å²) in [6.45, 7) is 6.75. The molecular formula is C16H23NO4. The molecule has 0 unspecified atom stereocenters. The molecule has 21 heavy (non-hydrogen) atoms. The minimum absolute atomic E-state index is 0.0335. The highest BCUT2D eigenvalue weighted by molar-refractivity contribution is 6.04. The van der Waals surface area contributed by atoms with Crippen LogP contribution in [0.1, 0.15) is 34.1 Å². The number of ketones is 2. The fourth-order valence-corrected chi connectivity index (χ4v) is 1.59. The lowest BCUT2D eigenvalue weighted by atomic mass is 9.89. The molecule has 0 aromatic carbocycles. The molecule has 0 fully saturated rings. The van der Waals surface area contributed by atoms with E-state index in [1.54, 1.807) is 32.9 Å². The molecular weight excluding hydrogens is 270 g/mol. The van der Waals surface area contributed by atoms with Crippen LogP contribution in [0.4, 0.5) is 0 Å². The number of carbonyl (C=O) groups is 3. The first-order valence-electron chi connectivity index (χ1n) is 6.88. The van der Waals surface area contributed by atoms with Crippen LogP contribution in [0.2, 0.25) is 0 Å². The number of hydrogen-bond acceptors (Lipinski definition) is 5. The molecule has 1 N–H and O–H groups in total. The molecule has 5 nitrogen and oxygen atoms in total. The van der Waals surface area contributed by atoms with E-state index in [0.717, 1.165) is 0 Å². The van der Waals surface area contributed by atoms with E-state index >= 15 is 0 Å². The van der Waals surface area contributed by atoms with Gasteiger partial charge in [0.25, 0.3) is 0 Å². The quantitative estimate of drug-likeness (QED) is 0.402. The largest absolute Gasteiger partial charge is 0.463 e. The second-order valence-electron chi connectivity index (χ2n) is 4.87. The number of carbonyl (C=O) groups excluding carboxylic acids is 3. The Morgan fingerprint density at radius 1 is 1.14 bits per heavy atom. The summed E-state index contributed by atoms with van der Waals surface area (Å²) in [7, 11) is 0. The second kappa shape index (κ2) is 9.80. The molecule has 0 spiro atoms. The van der Waals surface area contributed by atoms with Gasteiger partial charge in [0.15, 0.2) is 5.78 Å². The highest BCUT2D eigenvalue weighted by atomic mass is 16.5. The zero-order chi connectivity index (χ0) is 16.4. The topological polar surface area (TPSA) is 84.3 Å². The van der Waals surface area contributed by atoms with Crippen molar-refractivity contribution < 1.29 is 19.1 Å². The van der Waals surface area contributed by atoms with Crippen molar-refractivity contribution in [1.82, 2.24) is 0 Å². The van der Waals surface area contributed by atoms with Crippen molar-refractivity contribution in [1.29, 1.82) is 5.41 Å². The lowest BCUT2D eigenvalue weighted by Crippen LogP contribution is -2.16. The van der Waals surface area contributed by atoms with E-state index in [1.165, 1.54) is 19.1 Å². The number of nitrogens with one attached hydrogen (secondary N) is 1. The van der Waals surface area contributed by atoms with E-state index in [1.807, 2.05) is 0 Å². The van der Waals surface area contributed by atoms with Gasteiger partial charge in [-0.2, -0.15) is 0 Å². The molecule has 0 aliphatic rings. The third-order valence-electron chi connectivity index (χ3n) is 2.90. The predicted octanol–water partition coefficient (Wildman–Crippen LogP) is 2.50. The zero-order valence-electron chi connectivity index (χ0n) is 13.0. The number of hydrogen-bond donors (Lipinski definition) is 1. The van der Waals surface area contributed by atoms with Crippen molar-refractivity contribution in [2.24, 2.45) is 11.8 Å². The number of Topliss-reactive ketones (excluding diaryl/α,β-unsaturated/α-hetero) is 1. The summed E-state index contributed by atoms with van der Waals surface area (Å²) in [5.41, 5.74) is 0.280. The third-order valence-corrected chi connectivity index (χ3v) is 2.90. The summed E-state index contributed by atoms with van der Waals surface area (Å²) in [5.74, 6) is -1.42. The van der Waals surface area contributed by atoms with Crippen LogP contribution in [0, 0.1) is 17.2 Å². The number of esters is 1. The van der Waals surface area contributed by atoms with E-state index in [0.29, 0.717) is 0 Å². The molecule has 0 aromatic rings. The van der Waals surface area contributed by atoms with Crippen LogP contribution in [-0.4, -0.2) is 29.9 Å². The zero-order valence-corrected chi connectivity index (χ0v) is 13.0. The van der Waals surface area contributed by atoms with Gasteiger partial charge in [-0.25, -0.2) is 4.79 Å². The van der Waals surface area contributed by atoms with Crippen molar-refractivity contribution in [2.75, 3.05) is 6.61 Å². The Labute approximate surface area is 125 Å². The molecule has 5 heteroatoms. The van der Waals surface area contributed by atoms with Gasteiger partial charge in [0.05, 0.1) is 6.61 Å². The fraction of sp³-hybridized carbons (Fsp3) is 0.500. The summed E-state index contributed by atoms with van der Waals surface area (Å²) in [6.07, 6.45) is 5.83. The van der Waals surface area contributed by atoms with Crippen LogP contribution < -0.4 is 0 Å². The molecule has 0 radical (unpaired) electrons. The number of ether oxygens (including phenoxy) is 1. The molecule has 0 aliphatic carbocycles. The SMILES string of the molecule is CCOC(=O)/C=C/[C@@H](/C=C/C(=O)CC(C)=N)[C@@H](C)C(C)=O. The highest BCUT2D eigenvalue weighted by Crippen LogP contribution is 2.16. The van der Waals surface area contributed by atoms with Crippen LogP contribution >= 0.6 is 0 Å². The van der Waals surface area contributed by atoms with Gasteiger partial charge in [0, 0.05) is 30.0 Å². The Kier molecular flexibility index (Phi) is 8.85. The van der Waals surface area contributed by atoms with Crippen LogP contribution in [-0.2, 0) is 19.1 Å². The average Bonchev–Trinajstić information content (AvgIpc) is 2.37. The third kappa shape index (κ3) is 8.68. The summed E-state index contributed by atoms with van der Waals surface area (Å²) in [5, 5.41) is 7.26. The Hall–Kier alpha value is -2.04. The van der Waals surface area contributed by atoms with Gasteiger partial charge < -0.3 is 10.1 Å². The van der Waals surface area contributed by atoms with E-state index in [-0.39, 0.29) is 42.1 Å². The Morgan fingerprint density at radius 3 is 2.19 bits per heavy atom. The minimum Gasteiger partial charge on any atom is -0.463 e. The van der Waals surface area contributed by atoms with Crippen LogP contribution in [0.3, 0.4) is 0 Å². The van der Waals surface area contributed by atoms with Crippen LogP contribution in [0.5, 0.6) is 0 Å². The molecule has 0 saturated carbocycles. The van der Waals surface area contributed by atoms with Gasteiger partial charge in [0.1, 0.15) is 5.78 Å². The van der Waals surface area contributed by atoms with Crippen molar-refractivity contribution in [3.05, 3.63) is 24.3 Å². The predicted molar refractivity (Wildman–Crippen MR) is 81.3 cm³/mol. The van der Waals surface area contributed by atoms with Gasteiger partial charge in [-0.05, 0) is 26.8 Å². The Morgan fingerprint density at radius 2 is 1.71 bits per heavy atom. The van der Waals surface area contributed by atoms with Crippen molar-refractivity contribution >= 4 is 23.2 Å². The number of rotatable bonds is 9. The Balaban J connectivity index is 4.94. The van der Waals surface area contributed by atoms with Crippen molar-refractivity contribution in [2.45, 2.75) is 34.1 Å². The summed E-state index contributed by atoms with van der Waals surface area (Å²) < 4.78 is 4.78. The highest BCUT2D eigenvalue weighted by Gasteiger charge is 2.17. The number of allylic oxidation sites excluding steroid dienone is 3. The first kappa shape index (κ1) is 19.0. The average molecular weight is 293 g/mol. The standard InChI is InChI=1S/C16H23NO4/c1-5-21-16(20)9-7-14(12(3)13(4)18)6-8-15(19)10-11(2)17/h6-9,12,14,17H,5,10H2,1-4H3/b8-6+,9-7+,17-11?/t12-,14+/m0/s1. The summed E-state index contributed by atoms with van der Waals surface area (Å²) >= 11 is 0. The van der Waals surface area contributed by atoms with Gasteiger partial charge in [-0.1, -0.05) is 19.1 Å². The molecule has 0 amide bonds. The van der Waals surface area contributed by atoms with E-state index in [2.05, 4.69) is 0 Å². The fourth-order valence-electron chi connectivity index (χ4n) is 1.59. The van der Waals surface area contributed by atoms with E-state index in [4.69, 9.17) is 10.1 Å². The molecule has 0 aromatic heterocycles. The first-order chi connectivity index (χ1) is 9.77. The molecule has 0 saturated heterocycles. The van der Waals surface area contributed by atoms with Crippen molar-refractivity contribution in [3.8, 4) is 0 Å². The molecule has 2 atom stereocenters. The van der Waals surface area contributed by atoms with Crippen LogP contribution in [0.15, 0.2) is 24.3 Å². The summed E-state index contributed by atoms with van der Waals surface area (Å²) in [6, 6.07) is 0. The maximum Gasteiger partial charge on any atom is 0.330 e. The van der Waals surface area contributed by atoms with Gasteiger partial charge in [0.2, 0.25) is 0 Å². The molecule has 0 heterocycles. The Bertz CT molecular complexity index is 463. The van der Waals surface area contributed by atoms with Gasteiger partial charge in [-0.15, -0.1) is 0 Å². The normalized spacial score (nSPS) is 14.1. The molecule has 0 aliphatic heterocycles. The smallest absolute Gasteiger partial charge is 0.330 e. The molecule has 0 rings (SSSR count).